The summed E-state index contributed by atoms with van der Waals surface area (Å²) >= 11 is 0. The van der Waals surface area contributed by atoms with Crippen molar-refractivity contribution in [2.24, 2.45) is 0 Å². The number of rotatable bonds is 5. The van der Waals surface area contributed by atoms with Crippen molar-refractivity contribution in [1.29, 1.82) is 0 Å². The van der Waals surface area contributed by atoms with Gasteiger partial charge in [-0.15, -0.1) is 0 Å². The number of hydrogen-bond donors (Lipinski definition) is 1. The molecule has 5 nitrogen and oxygen atoms in total. The Balaban J connectivity index is 2.07. The monoisotopic (exact) mass is 245 g/mol. The van der Waals surface area contributed by atoms with E-state index >= 15 is 0 Å². The van der Waals surface area contributed by atoms with Crippen LogP contribution < -0.4 is 5.32 Å². The van der Waals surface area contributed by atoms with Crippen LogP contribution in [0.4, 0.5) is 0 Å². The standard InChI is InChI=1S/C13H15N3O2/c1-18-10-13(17)15-9-12-14-7-8-16(12)11-5-3-2-4-6-11/h2-8H,9-10H2,1H3,(H,15,17). The number of hydrogen-bond acceptors (Lipinski definition) is 3. The molecule has 0 saturated carbocycles. The lowest BCUT2D eigenvalue weighted by atomic mass is 10.3. The second-order valence-electron chi connectivity index (χ2n) is 3.76. The lowest BCUT2D eigenvalue weighted by Gasteiger charge is -2.08. The number of nitrogens with one attached hydrogen (secondary N) is 1. The molecule has 1 aromatic heterocycles. The SMILES string of the molecule is COCC(=O)NCc1nccn1-c1ccccc1. The highest BCUT2D eigenvalue weighted by atomic mass is 16.5. The third kappa shape index (κ3) is 2.95. The Labute approximate surface area is 105 Å². The second-order valence-corrected chi connectivity index (χ2v) is 3.76. The molecule has 1 heterocycles. The molecule has 0 aliphatic carbocycles. The van der Waals surface area contributed by atoms with Crippen LogP contribution in [0.1, 0.15) is 5.82 Å². The summed E-state index contributed by atoms with van der Waals surface area (Å²) in [7, 11) is 1.49. The molecule has 94 valence electrons. The van der Waals surface area contributed by atoms with Crippen LogP contribution in [-0.2, 0) is 16.1 Å². The van der Waals surface area contributed by atoms with Gasteiger partial charge in [0.15, 0.2) is 0 Å². The average Bonchev–Trinajstić information content (AvgIpc) is 2.86. The highest BCUT2D eigenvalue weighted by molar-refractivity contribution is 5.77. The number of nitrogens with zero attached hydrogens (tertiary/aromatic N) is 2. The minimum atomic E-state index is -0.153. The third-order valence-corrected chi connectivity index (χ3v) is 2.47. The number of benzene rings is 1. The van der Waals surface area contributed by atoms with E-state index in [0.717, 1.165) is 11.5 Å². The molecule has 0 aliphatic heterocycles. The summed E-state index contributed by atoms with van der Waals surface area (Å²) < 4.78 is 6.69. The first-order chi connectivity index (χ1) is 8.81. The van der Waals surface area contributed by atoms with E-state index in [4.69, 9.17) is 4.74 Å². The molecule has 1 amide bonds. The van der Waals surface area contributed by atoms with Crippen molar-refractivity contribution < 1.29 is 9.53 Å². The van der Waals surface area contributed by atoms with Gasteiger partial charge >= 0.3 is 0 Å². The van der Waals surface area contributed by atoms with Crippen LogP contribution in [0.25, 0.3) is 5.69 Å². The Bertz CT molecular complexity index is 508. The van der Waals surface area contributed by atoms with Gasteiger partial charge in [-0.1, -0.05) is 18.2 Å². The Hall–Kier alpha value is -2.14. The van der Waals surface area contributed by atoms with Crippen LogP contribution in [0.5, 0.6) is 0 Å². The maximum absolute atomic E-state index is 11.3. The number of carbonyl (C=O) groups is 1. The summed E-state index contributed by atoms with van der Waals surface area (Å²) in [6, 6.07) is 9.86. The smallest absolute Gasteiger partial charge is 0.246 e. The minimum Gasteiger partial charge on any atom is -0.375 e. The molecule has 0 aliphatic rings. The Morgan fingerprint density at radius 1 is 1.39 bits per heavy atom. The third-order valence-electron chi connectivity index (χ3n) is 2.47. The van der Waals surface area contributed by atoms with Crippen molar-refractivity contribution in [3.05, 3.63) is 48.5 Å². The maximum atomic E-state index is 11.3. The summed E-state index contributed by atoms with van der Waals surface area (Å²) in [6.07, 6.45) is 3.58. The predicted molar refractivity (Wildman–Crippen MR) is 67.3 cm³/mol. The predicted octanol–water partition coefficient (Wildman–Crippen LogP) is 1.13. The van der Waals surface area contributed by atoms with Crippen molar-refractivity contribution in [2.45, 2.75) is 6.54 Å². The topological polar surface area (TPSA) is 56.1 Å². The molecule has 1 aromatic carbocycles. The Morgan fingerprint density at radius 3 is 2.89 bits per heavy atom. The maximum Gasteiger partial charge on any atom is 0.246 e. The van der Waals surface area contributed by atoms with Gasteiger partial charge < -0.3 is 14.6 Å². The summed E-state index contributed by atoms with van der Waals surface area (Å²) in [4.78, 5) is 15.5. The Kier molecular flexibility index (Phi) is 4.09. The zero-order valence-corrected chi connectivity index (χ0v) is 10.2. The van der Waals surface area contributed by atoms with Gasteiger partial charge in [-0.3, -0.25) is 4.79 Å². The molecule has 0 fully saturated rings. The Morgan fingerprint density at radius 2 is 2.17 bits per heavy atom. The average molecular weight is 245 g/mol. The highest BCUT2D eigenvalue weighted by Crippen LogP contribution is 2.09. The summed E-state index contributed by atoms with van der Waals surface area (Å²) in [5, 5.41) is 2.75. The molecule has 0 saturated heterocycles. The lowest BCUT2D eigenvalue weighted by Crippen LogP contribution is -2.27. The molecule has 1 N–H and O–H groups in total. The zero-order valence-electron chi connectivity index (χ0n) is 10.2. The van der Waals surface area contributed by atoms with Gasteiger partial charge in [-0.2, -0.15) is 0 Å². The van der Waals surface area contributed by atoms with Gasteiger partial charge in [0.2, 0.25) is 5.91 Å². The molecule has 0 unspecified atom stereocenters. The molecular formula is C13H15N3O2. The van der Waals surface area contributed by atoms with Crippen molar-refractivity contribution in [3.63, 3.8) is 0 Å². The van der Waals surface area contributed by atoms with E-state index < -0.39 is 0 Å². The molecule has 2 aromatic rings. The van der Waals surface area contributed by atoms with Crippen molar-refractivity contribution in [2.75, 3.05) is 13.7 Å². The molecular weight excluding hydrogens is 230 g/mol. The number of para-hydroxylation sites is 1. The molecule has 2 rings (SSSR count). The fraction of sp³-hybridized carbons (Fsp3) is 0.231. The summed E-state index contributed by atoms with van der Waals surface area (Å²) in [6.45, 7) is 0.441. The normalized spacial score (nSPS) is 10.3. The first-order valence-electron chi connectivity index (χ1n) is 5.64. The minimum absolute atomic E-state index is 0.0616. The van der Waals surface area contributed by atoms with Gasteiger partial charge in [0.25, 0.3) is 0 Å². The second kappa shape index (κ2) is 5.97. The van der Waals surface area contributed by atoms with Crippen LogP contribution in [0.3, 0.4) is 0 Å². The summed E-state index contributed by atoms with van der Waals surface area (Å²) in [5.74, 6) is 0.630. The van der Waals surface area contributed by atoms with Gasteiger partial charge in [0, 0.05) is 25.2 Å². The van der Waals surface area contributed by atoms with E-state index in [-0.39, 0.29) is 12.5 Å². The first-order valence-corrected chi connectivity index (χ1v) is 5.64. The highest BCUT2D eigenvalue weighted by Gasteiger charge is 2.06. The molecule has 0 atom stereocenters. The number of methoxy groups -OCH3 is 1. The number of amides is 1. The lowest BCUT2D eigenvalue weighted by molar-refractivity contribution is -0.124. The quantitative estimate of drug-likeness (QED) is 0.859. The van der Waals surface area contributed by atoms with Crippen LogP contribution in [0.2, 0.25) is 0 Å². The van der Waals surface area contributed by atoms with Crippen LogP contribution in [-0.4, -0.2) is 29.2 Å². The summed E-state index contributed by atoms with van der Waals surface area (Å²) in [5.41, 5.74) is 1.02. The van der Waals surface area contributed by atoms with E-state index in [1.165, 1.54) is 7.11 Å². The van der Waals surface area contributed by atoms with E-state index in [2.05, 4.69) is 10.3 Å². The van der Waals surface area contributed by atoms with Crippen LogP contribution in [0.15, 0.2) is 42.7 Å². The van der Waals surface area contributed by atoms with Crippen molar-refractivity contribution in [1.82, 2.24) is 14.9 Å². The van der Waals surface area contributed by atoms with Crippen molar-refractivity contribution in [3.8, 4) is 5.69 Å². The fourth-order valence-electron chi connectivity index (χ4n) is 1.65. The largest absolute Gasteiger partial charge is 0.375 e. The number of imidazole rings is 1. The molecule has 5 heteroatoms. The van der Waals surface area contributed by atoms with Crippen molar-refractivity contribution >= 4 is 5.91 Å². The zero-order chi connectivity index (χ0) is 12.8. The van der Waals surface area contributed by atoms with Gasteiger partial charge in [-0.05, 0) is 12.1 Å². The number of ether oxygens (including phenoxy) is 1. The molecule has 0 radical (unpaired) electrons. The number of aromatic nitrogens is 2. The van der Waals surface area contributed by atoms with Crippen LogP contribution in [0, 0.1) is 0 Å². The molecule has 0 spiro atoms. The molecule has 0 bridgehead atoms. The van der Waals surface area contributed by atoms with E-state index in [1.54, 1.807) is 6.20 Å². The van der Waals surface area contributed by atoms with Gasteiger partial charge in [0.05, 0.1) is 6.54 Å². The fourth-order valence-corrected chi connectivity index (χ4v) is 1.65. The van der Waals surface area contributed by atoms with Gasteiger partial charge in [-0.25, -0.2) is 4.98 Å². The van der Waals surface area contributed by atoms with E-state index in [0.29, 0.717) is 6.54 Å². The van der Waals surface area contributed by atoms with Gasteiger partial charge in [0.1, 0.15) is 12.4 Å². The van der Waals surface area contributed by atoms with E-state index in [1.807, 2.05) is 41.1 Å². The van der Waals surface area contributed by atoms with Crippen LogP contribution >= 0.6 is 0 Å². The first kappa shape index (κ1) is 12.3. The van der Waals surface area contributed by atoms with E-state index in [9.17, 15) is 4.79 Å². The number of carbonyl (C=O) groups excluding carboxylic acids is 1. The molecule has 18 heavy (non-hydrogen) atoms.